The van der Waals surface area contributed by atoms with Gasteiger partial charge in [0.05, 0.1) is 30.6 Å². The Labute approximate surface area is 143 Å². The maximum Gasteiger partial charge on any atom is 0.248 e. The van der Waals surface area contributed by atoms with E-state index in [4.69, 9.17) is 13.9 Å². The van der Waals surface area contributed by atoms with Gasteiger partial charge in [0.25, 0.3) is 0 Å². The lowest BCUT2D eigenvalue weighted by Gasteiger charge is -2.42. The number of amides is 1. The van der Waals surface area contributed by atoms with E-state index < -0.39 is 0 Å². The fourth-order valence-corrected chi connectivity index (χ4v) is 2.83. The number of carbonyl (C=O) groups is 1. The molecule has 0 radical (unpaired) electrons. The Hall–Kier alpha value is -1.44. The minimum absolute atomic E-state index is 0.0485. The van der Waals surface area contributed by atoms with Gasteiger partial charge in [-0.1, -0.05) is 0 Å². The second-order valence-corrected chi connectivity index (χ2v) is 7.22. The van der Waals surface area contributed by atoms with Crippen molar-refractivity contribution in [1.82, 2.24) is 14.8 Å². The van der Waals surface area contributed by atoms with E-state index in [1.807, 2.05) is 13.8 Å². The molecule has 1 aliphatic heterocycles. The van der Waals surface area contributed by atoms with Gasteiger partial charge in [-0.2, -0.15) is 0 Å². The summed E-state index contributed by atoms with van der Waals surface area (Å²) in [5.74, 6) is 1.54. The number of hydrogen-bond acceptors (Lipinski definition) is 6. The van der Waals surface area contributed by atoms with Crippen molar-refractivity contribution in [3.8, 4) is 0 Å². The second-order valence-electron chi connectivity index (χ2n) is 7.22. The standard InChI is InChI=1S/C17H29N3O4/c1-12-13(2)23-15(18-12)8-20-7-14(24-17(3,4)11-20)9-22-10-16(21)19(5)6/h14H,7-11H2,1-6H3/t14-/m0/s1. The van der Waals surface area contributed by atoms with Crippen molar-refractivity contribution in [2.75, 3.05) is 40.4 Å². The third kappa shape index (κ3) is 5.29. The zero-order valence-electron chi connectivity index (χ0n) is 15.6. The van der Waals surface area contributed by atoms with Gasteiger partial charge in [0, 0.05) is 27.2 Å². The van der Waals surface area contributed by atoms with Gasteiger partial charge in [0.1, 0.15) is 12.4 Å². The number of carbonyl (C=O) groups excluding carboxylic acids is 1. The summed E-state index contributed by atoms with van der Waals surface area (Å²) in [5, 5.41) is 0. The Kier molecular flexibility index (Phi) is 6.01. The molecule has 1 aromatic rings. The zero-order chi connectivity index (χ0) is 17.9. The summed E-state index contributed by atoms with van der Waals surface area (Å²) >= 11 is 0. The largest absolute Gasteiger partial charge is 0.444 e. The van der Waals surface area contributed by atoms with Crippen LogP contribution < -0.4 is 0 Å². The highest BCUT2D eigenvalue weighted by atomic mass is 16.6. The molecule has 0 spiro atoms. The van der Waals surface area contributed by atoms with Crippen molar-refractivity contribution in [1.29, 1.82) is 0 Å². The third-order valence-electron chi connectivity index (χ3n) is 4.01. The first kappa shape index (κ1) is 18.9. The quantitative estimate of drug-likeness (QED) is 0.780. The van der Waals surface area contributed by atoms with Crippen LogP contribution in [-0.2, 0) is 20.8 Å². The lowest BCUT2D eigenvalue weighted by atomic mass is 10.1. The maximum absolute atomic E-state index is 11.6. The van der Waals surface area contributed by atoms with E-state index >= 15 is 0 Å². The summed E-state index contributed by atoms with van der Waals surface area (Å²) in [5.41, 5.74) is 0.647. The van der Waals surface area contributed by atoms with Crippen LogP contribution in [-0.4, -0.2) is 72.8 Å². The van der Waals surface area contributed by atoms with Crippen LogP contribution in [0.2, 0.25) is 0 Å². The van der Waals surface area contributed by atoms with Crippen LogP contribution in [0.1, 0.15) is 31.2 Å². The monoisotopic (exact) mass is 339 g/mol. The van der Waals surface area contributed by atoms with Gasteiger partial charge >= 0.3 is 0 Å². The van der Waals surface area contributed by atoms with Gasteiger partial charge in [-0.05, 0) is 27.7 Å². The molecule has 0 bridgehead atoms. The molecule has 7 nitrogen and oxygen atoms in total. The number of aromatic nitrogens is 1. The molecule has 7 heteroatoms. The molecular formula is C17H29N3O4. The summed E-state index contributed by atoms with van der Waals surface area (Å²) in [6.07, 6.45) is -0.0825. The van der Waals surface area contributed by atoms with E-state index in [1.165, 1.54) is 4.90 Å². The number of morpholine rings is 1. The number of aryl methyl sites for hydroxylation is 2. The molecule has 2 rings (SSSR count). The summed E-state index contributed by atoms with van der Waals surface area (Å²) < 4.78 is 17.3. The van der Waals surface area contributed by atoms with Crippen molar-refractivity contribution in [2.45, 2.75) is 45.9 Å². The minimum Gasteiger partial charge on any atom is -0.444 e. The number of likely N-dealkylation sites (N-methyl/N-ethyl adjacent to an activating group) is 1. The molecular weight excluding hydrogens is 310 g/mol. The Balaban J connectivity index is 1.90. The molecule has 1 saturated heterocycles. The Bertz CT molecular complexity index is 549. The maximum atomic E-state index is 11.6. The van der Waals surface area contributed by atoms with E-state index in [1.54, 1.807) is 14.1 Å². The molecule has 0 N–H and O–H groups in total. The fourth-order valence-electron chi connectivity index (χ4n) is 2.83. The van der Waals surface area contributed by atoms with Crippen molar-refractivity contribution < 1.29 is 18.7 Å². The van der Waals surface area contributed by atoms with E-state index in [9.17, 15) is 4.79 Å². The van der Waals surface area contributed by atoms with Gasteiger partial charge in [-0.25, -0.2) is 4.98 Å². The highest BCUT2D eigenvalue weighted by molar-refractivity contribution is 5.76. The molecule has 0 aromatic carbocycles. The van der Waals surface area contributed by atoms with E-state index in [2.05, 4.69) is 23.7 Å². The van der Waals surface area contributed by atoms with Crippen molar-refractivity contribution >= 4 is 5.91 Å². The molecule has 1 aromatic heterocycles. The van der Waals surface area contributed by atoms with Gasteiger partial charge < -0.3 is 18.8 Å². The Morgan fingerprint density at radius 3 is 2.71 bits per heavy atom. The molecule has 2 heterocycles. The van der Waals surface area contributed by atoms with Crippen LogP contribution in [0.5, 0.6) is 0 Å². The fraction of sp³-hybridized carbons (Fsp3) is 0.765. The van der Waals surface area contributed by atoms with Crippen LogP contribution in [0, 0.1) is 13.8 Å². The molecule has 1 fully saturated rings. The highest BCUT2D eigenvalue weighted by Gasteiger charge is 2.34. The molecule has 1 aliphatic rings. The topological polar surface area (TPSA) is 68.0 Å². The Morgan fingerprint density at radius 1 is 1.42 bits per heavy atom. The second kappa shape index (κ2) is 7.63. The predicted molar refractivity (Wildman–Crippen MR) is 89.7 cm³/mol. The smallest absolute Gasteiger partial charge is 0.248 e. The van der Waals surface area contributed by atoms with Crippen LogP contribution in [0.3, 0.4) is 0 Å². The number of ether oxygens (including phenoxy) is 2. The molecule has 136 valence electrons. The minimum atomic E-state index is -0.283. The van der Waals surface area contributed by atoms with Gasteiger partial charge in [0.2, 0.25) is 11.8 Å². The summed E-state index contributed by atoms with van der Waals surface area (Å²) in [4.78, 5) is 19.8. The normalized spacial score (nSPS) is 21.0. The van der Waals surface area contributed by atoms with Gasteiger partial charge in [-0.3, -0.25) is 9.69 Å². The molecule has 1 amide bonds. The lowest BCUT2D eigenvalue weighted by Crippen LogP contribution is -2.53. The lowest BCUT2D eigenvalue weighted by molar-refractivity contribution is -0.162. The first-order valence-electron chi connectivity index (χ1n) is 8.27. The SMILES string of the molecule is Cc1nc(CN2C[C@@H](COCC(=O)N(C)C)OC(C)(C)C2)oc1C. The first-order valence-corrected chi connectivity index (χ1v) is 8.27. The van der Waals surface area contributed by atoms with Crippen molar-refractivity contribution in [3.05, 3.63) is 17.3 Å². The summed E-state index contributed by atoms with van der Waals surface area (Å²) in [7, 11) is 3.43. The third-order valence-corrected chi connectivity index (χ3v) is 4.01. The first-order chi connectivity index (χ1) is 11.2. The zero-order valence-corrected chi connectivity index (χ0v) is 15.6. The van der Waals surface area contributed by atoms with Crippen molar-refractivity contribution in [3.63, 3.8) is 0 Å². The van der Waals surface area contributed by atoms with Gasteiger partial charge in [-0.15, -0.1) is 0 Å². The molecule has 0 aliphatic carbocycles. The number of rotatable bonds is 6. The molecule has 0 saturated carbocycles. The molecule has 0 unspecified atom stereocenters. The summed E-state index contributed by atoms with van der Waals surface area (Å²) in [6, 6.07) is 0. The average molecular weight is 339 g/mol. The van der Waals surface area contributed by atoms with Crippen LogP contribution in [0.4, 0.5) is 0 Å². The Morgan fingerprint density at radius 2 is 2.12 bits per heavy atom. The molecule has 24 heavy (non-hydrogen) atoms. The van der Waals surface area contributed by atoms with Gasteiger partial charge in [0.15, 0.2) is 0 Å². The van der Waals surface area contributed by atoms with Crippen LogP contribution >= 0.6 is 0 Å². The number of oxazole rings is 1. The molecule has 1 atom stereocenters. The predicted octanol–water partition coefficient (Wildman–Crippen LogP) is 1.38. The number of nitrogens with zero attached hydrogens (tertiary/aromatic N) is 3. The van der Waals surface area contributed by atoms with Crippen LogP contribution in [0.25, 0.3) is 0 Å². The van der Waals surface area contributed by atoms with E-state index in [-0.39, 0.29) is 24.2 Å². The summed E-state index contributed by atoms with van der Waals surface area (Å²) in [6.45, 7) is 10.6. The number of hydrogen-bond donors (Lipinski definition) is 0. The van der Waals surface area contributed by atoms with E-state index in [0.717, 1.165) is 30.4 Å². The van der Waals surface area contributed by atoms with Crippen molar-refractivity contribution in [2.24, 2.45) is 0 Å². The average Bonchev–Trinajstić information content (AvgIpc) is 2.75. The highest BCUT2D eigenvalue weighted by Crippen LogP contribution is 2.23. The van der Waals surface area contributed by atoms with Crippen LogP contribution in [0.15, 0.2) is 4.42 Å². The van der Waals surface area contributed by atoms with E-state index in [0.29, 0.717) is 13.2 Å².